The third kappa shape index (κ3) is 7.83. The van der Waals surface area contributed by atoms with E-state index in [-0.39, 0.29) is 11.9 Å². The Morgan fingerprint density at radius 2 is 1.26 bits per heavy atom. The number of carbonyl (C=O) groups is 1. The van der Waals surface area contributed by atoms with E-state index in [4.69, 9.17) is 4.74 Å². The fourth-order valence-corrected chi connectivity index (χ4v) is 7.66. The third-order valence-corrected chi connectivity index (χ3v) is 9.99. The molecule has 0 atom stereocenters. The van der Waals surface area contributed by atoms with E-state index in [0.29, 0.717) is 5.92 Å². The summed E-state index contributed by atoms with van der Waals surface area (Å²) in [5.74, 6) is 5.24. The minimum atomic E-state index is 0.0101. The fraction of sp³-hybridized carbons (Fsp3) is 0.788. The Bertz CT molecular complexity index is 729. The number of hydrogen-bond acceptors (Lipinski definition) is 2. The summed E-state index contributed by atoms with van der Waals surface area (Å²) in [5.41, 5.74) is 1.43. The van der Waals surface area contributed by atoms with Crippen LogP contribution in [0.3, 0.4) is 0 Å². The fourth-order valence-electron chi connectivity index (χ4n) is 7.66. The van der Waals surface area contributed by atoms with Crippen LogP contribution in [0.1, 0.15) is 141 Å². The molecule has 3 saturated carbocycles. The van der Waals surface area contributed by atoms with Crippen molar-refractivity contribution in [2.75, 3.05) is 0 Å². The third-order valence-electron chi connectivity index (χ3n) is 9.99. The molecule has 4 rings (SSSR count). The highest BCUT2D eigenvalue weighted by Crippen LogP contribution is 2.43. The summed E-state index contributed by atoms with van der Waals surface area (Å²) in [6.45, 7) is 4.61. The second-order valence-corrected chi connectivity index (χ2v) is 12.4. The van der Waals surface area contributed by atoms with Crippen molar-refractivity contribution in [1.82, 2.24) is 0 Å². The highest BCUT2D eigenvalue weighted by atomic mass is 16.5. The van der Waals surface area contributed by atoms with Gasteiger partial charge in [0.25, 0.3) is 0 Å². The molecule has 0 aromatic heterocycles. The Hall–Kier alpha value is -1.31. The molecule has 0 spiro atoms. The first kappa shape index (κ1) is 26.7. The molecule has 2 heteroatoms. The summed E-state index contributed by atoms with van der Waals surface area (Å²) >= 11 is 0. The molecule has 0 N–H and O–H groups in total. The molecule has 2 nitrogen and oxygen atoms in total. The van der Waals surface area contributed by atoms with Crippen molar-refractivity contribution in [2.45, 2.75) is 135 Å². The molecule has 0 heterocycles. The van der Waals surface area contributed by atoms with E-state index >= 15 is 0 Å². The van der Waals surface area contributed by atoms with Crippen LogP contribution >= 0.6 is 0 Å². The molecule has 0 radical (unpaired) electrons. The van der Waals surface area contributed by atoms with E-state index < -0.39 is 0 Å². The highest BCUT2D eigenvalue weighted by Gasteiger charge is 2.33. The molecule has 0 aliphatic heterocycles. The van der Waals surface area contributed by atoms with Gasteiger partial charge in [-0.1, -0.05) is 77.3 Å². The van der Waals surface area contributed by atoms with Crippen LogP contribution in [0.5, 0.6) is 5.75 Å². The first-order valence-corrected chi connectivity index (χ1v) is 15.5. The molecule has 3 fully saturated rings. The molecular weight excluding hydrogens is 428 g/mol. The smallest absolute Gasteiger partial charge is 0.314 e. The van der Waals surface area contributed by atoms with Crippen LogP contribution in [0.25, 0.3) is 0 Å². The molecule has 3 aliphatic rings. The average molecular weight is 481 g/mol. The molecule has 1 aromatic rings. The van der Waals surface area contributed by atoms with Crippen LogP contribution in [0.4, 0.5) is 0 Å². The van der Waals surface area contributed by atoms with Gasteiger partial charge in [-0.25, -0.2) is 0 Å². The second kappa shape index (κ2) is 13.8. The number of esters is 1. The normalized spacial score (nSPS) is 31.7. The van der Waals surface area contributed by atoms with Gasteiger partial charge in [0.1, 0.15) is 5.75 Å². The van der Waals surface area contributed by atoms with Gasteiger partial charge in [0.15, 0.2) is 0 Å². The minimum Gasteiger partial charge on any atom is -0.426 e. The number of ether oxygens (including phenoxy) is 1. The van der Waals surface area contributed by atoms with Gasteiger partial charge in [-0.2, -0.15) is 0 Å². The van der Waals surface area contributed by atoms with Gasteiger partial charge in [-0.05, 0) is 111 Å². The molecular formula is C33H52O2. The molecule has 0 amide bonds. The van der Waals surface area contributed by atoms with E-state index in [1.54, 1.807) is 0 Å². The number of rotatable bonds is 10. The van der Waals surface area contributed by atoms with Gasteiger partial charge < -0.3 is 4.74 Å². The zero-order valence-corrected chi connectivity index (χ0v) is 22.8. The number of benzene rings is 1. The quantitative estimate of drug-likeness (QED) is 0.189. The molecule has 0 saturated heterocycles. The van der Waals surface area contributed by atoms with Crippen molar-refractivity contribution in [3.63, 3.8) is 0 Å². The van der Waals surface area contributed by atoms with Crippen LogP contribution < -0.4 is 4.74 Å². The maximum Gasteiger partial charge on any atom is 0.314 e. The second-order valence-electron chi connectivity index (χ2n) is 12.4. The van der Waals surface area contributed by atoms with Gasteiger partial charge in [-0.15, -0.1) is 0 Å². The summed E-state index contributed by atoms with van der Waals surface area (Å²) in [6, 6.07) is 8.50. The van der Waals surface area contributed by atoms with Crippen molar-refractivity contribution in [3.8, 4) is 5.75 Å². The molecule has 0 bridgehead atoms. The van der Waals surface area contributed by atoms with Gasteiger partial charge in [-0.3, -0.25) is 4.79 Å². The van der Waals surface area contributed by atoms with Gasteiger partial charge in [0.2, 0.25) is 0 Å². The lowest BCUT2D eigenvalue weighted by molar-refractivity contribution is -0.140. The maximum atomic E-state index is 12.9. The summed E-state index contributed by atoms with van der Waals surface area (Å²) in [6.07, 6.45) is 24.0. The van der Waals surface area contributed by atoms with Crippen LogP contribution in [-0.2, 0) is 4.79 Å². The predicted octanol–water partition coefficient (Wildman–Crippen LogP) is 9.86. The number of carbonyl (C=O) groups excluding carboxylic acids is 1. The molecule has 196 valence electrons. The lowest BCUT2D eigenvalue weighted by Gasteiger charge is -2.37. The summed E-state index contributed by atoms with van der Waals surface area (Å²) < 4.78 is 5.85. The van der Waals surface area contributed by atoms with Crippen molar-refractivity contribution in [1.29, 1.82) is 0 Å². The summed E-state index contributed by atoms with van der Waals surface area (Å²) in [4.78, 5) is 12.9. The van der Waals surface area contributed by atoms with Crippen molar-refractivity contribution < 1.29 is 9.53 Å². The standard InChI is InChI=1S/C33H52O2/c1-3-5-6-8-26-11-15-27(16-12-26)29-17-19-31(20-18-29)33(34)35-32-23-21-30(22-24-32)28-13-9-25(7-4-2)10-14-28/h21-29,31H,3-20H2,1-2H3/t25-,26-,27-,28-,29-,31-. The SMILES string of the molecule is CCCCC[C@H]1CC[C@H]([C@H]2CC[C@H](C(=O)Oc3ccc([C@H]4CC[C@H](CCC)CC4)cc3)CC2)CC1. The molecule has 0 unspecified atom stereocenters. The van der Waals surface area contributed by atoms with Crippen LogP contribution in [0.15, 0.2) is 24.3 Å². The van der Waals surface area contributed by atoms with Crippen molar-refractivity contribution in [3.05, 3.63) is 29.8 Å². The molecule has 35 heavy (non-hydrogen) atoms. The Kier molecular flexibility index (Phi) is 10.6. The summed E-state index contributed by atoms with van der Waals surface area (Å²) in [7, 11) is 0. The average Bonchev–Trinajstić information content (AvgIpc) is 2.90. The zero-order chi connectivity index (χ0) is 24.5. The number of unbranched alkanes of at least 4 members (excludes halogenated alkanes) is 2. The van der Waals surface area contributed by atoms with E-state index in [1.165, 1.54) is 108 Å². The lowest BCUT2D eigenvalue weighted by Crippen LogP contribution is -2.30. The topological polar surface area (TPSA) is 26.3 Å². The monoisotopic (exact) mass is 480 g/mol. The first-order valence-electron chi connectivity index (χ1n) is 15.5. The Morgan fingerprint density at radius 3 is 1.86 bits per heavy atom. The Labute approximate surface area is 216 Å². The van der Waals surface area contributed by atoms with Crippen LogP contribution in [-0.4, -0.2) is 5.97 Å². The predicted molar refractivity (Wildman–Crippen MR) is 147 cm³/mol. The van der Waals surface area contributed by atoms with Gasteiger partial charge in [0.05, 0.1) is 5.92 Å². The van der Waals surface area contributed by atoms with Crippen molar-refractivity contribution >= 4 is 5.97 Å². The zero-order valence-electron chi connectivity index (χ0n) is 22.8. The lowest BCUT2D eigenvalue weighted by atomic mass is 9.68. The number of hydrogen-bond donors (Lipinski definition) is 0. The van der Waals surface area contributed by atoms with E-state index in [1.807, 2.05) is 12.1 Å². The Balaban J connectivity index is 1.16. The summed E-state index contributed by atoms with van der Waals surface area (Å²) in [5, 5.41) is 0. The first-order chi connectivity index (χ1) is 17.2. The van der Waals surface area contributed by atoms with E-state index in [0.717, 1.165) is 42.3 Å². The van der Waals surface area contributed by atoms with E-state index in [9.17, 15) is 4.79 Å². The van der Waals surface area contributed by atoms with Gasteiger partial charge >= 0.3 is 5.97 Å². The molecule has 3 aliphatic carbocycles. The van der Waals surface area contributed by atoms with Gasteiger partial charge in [0, 0.05) is 0 Å². The van der Waals surface area contributed by atoms with Crippen molar-refractivity contribution in [2.24, 2.45) is 29.6 Å². The van der Waals surface area contributed by atoms with E-state index in [2.05, 4.69) is 26.0 Å². The maximum absolute atomic E-state index is 12.9. The highest BCUT2D eigenvalue weighted by molar-refractivity contribution is 5.75. The minimum absolute atomic E-state index is 0.0101. The Morgan fingerprint density at radius 1 is 0.686 bits per heavy atom. The largest absolute Gasteiger partial charge is 0.426 e. The van der Waals surface area contributed by atoms with Crippen LogP contribution in [0.2, 0.25) is 0 Å². The molecule has 1 aromatic carbocycles. The van der Waals surface area contributed by atoms with Crippen LogP contribution in [0, 0.1) is 29.6 Å².